The van der Waals surface area contributed by atoms with Crippen molar-refractivity contribution in [2.45, 2.75) is 52.6 Å². The predicted molar refractivity (Wildman–Crippen MR) is 114 cm³/mol. The Labute approximate surface area is 170 Å². The zero-order chi connectivity index (χ0) is 19.5. The molecule has 3 aromatic rings. The summed E-state index contributed by atoms with van der Waals surface area (Å²) in [6.45, 7) is 10.5. The molecule has 1 unspecified atom stereocenters. The van der Waals surface area contributed by atoms with Gasteiger partial charge < -0.3 is 5.32 Å². The first kappa shape index (κ1) is 19.1. The standard InChI is InChI=1S/C21H28N6S/c1-4-27-16(3)18(12-23-27)14-26-8-5-6-17(13-26)20-11-19(10-15(2)24-20)25-21-22-7-9-28-21/h7,9-12,17H,4-6,8,13-14H2,1-3H3,(H,22,24,25). The molecule has 7 heteroatoms. The van der Waals surface area contributed by atoms with Gasteiger partial charge in [-0.15, -0.1) is 11.3 Å². The van der Waals surface area contributed by atoms with Crippen LogP contribution in [-0.2, 0) is 13.1 Å². The van der Waals surface area contributed by atoms with Gasteiger partial charge in [0.15, 0.2) is 5.13 Å². The molecule has 1 aliphatic rings. The van der Waals surface area contributed by atoms with Crippen molar-refractivity contribution in [3.05, 3.63) is 52.6 Å². The molecule has 0 amide bonds. The number of rotatable bonds is 6. The third-order valence-corrected chi connectivity index (χ3v) is 6.17. The minimum atomic E-state index is 0.465. The van der Waals surface area contributed by atoms with Crippen LogP contribution in [0, 0.1) is 13.8 Å². The molecule has 4 heterocycles. The summed E-state index contributed by atoms with van der Waals surface area (Å²) in [6.07, 6.45) is 6.25. The molecule has 0 aromatic carbocycles. The number of aryl methyl sites for hydroxylation is 2. The van der Waals surface area contributed by atoms with Crippen molar-refractivity contribution in [2.24, 2.45) is 0 Å². The molecule has 0 bridgehead atoms. The summed E-state index contributed by atoms with van der Waals surface area (Å²) in [4.78, 5) is 11.7. The third kappa shape index (κ3) is 4.25. The highest BCUT2D eigenvalue weighted by molar-refractivity contribution is 7.13. The molecule has 3 aromatic heterocycles. The molecule has 1 fully saturated rings. The van der Waals surface area contributed by atoms with Gasteiger partial charge in [0.2, 0.25) is 0 Å². The lowest BCUT2D eigenvalue weighted by Crippen LogP contribution is -2.34. The van der Waals surface area contributed by atoms with Gasteiger partial charge in [-0.05, 0) is 52.3 Å². The molecule has 0 radical (unpaired) electrons. The number of hydrogen-bond donors (Lipinski definition) is 1. The van der Waals surface area contributed by atoms with Gasteiger partial charge in [-0.1, -0.05) is 0 Å². The summed E-state index contributed by atoms with van der Waals surface area (Å²) in [6, 6.07) is 4.29. The molecule has 6 nitrogen and oxygen atoms in total. The Morgan fingerprint density at radius 3 is 2.93 bits per heavy atom. The zero-order valence-electron chi connectivity index (χ0n) is 16.9. The molecule has 148 valence electrons. The van der Waals surface area contributed by atoms with E-state index in [2.05, 4.69) is 57.9 Å². The smallest absolute Gasteiger partial charge is 0.187 e. The van der Waals surface area contributed by atoms with Crippen LogP contribution in [0.2, 0.25) is 0 Å². The first-order chi connectivity index (χ1) is 13.6. The van der Waals surface area contributed by atoms with E-state index in [0.717, 1.165) is 42.7 Å². The van der Waals surface area contributed by atoms with Crippen LogP contribution in [0.25, 0.3) is 0 Å². The van der Waals surface area contributed by atoms with Gasteiger partial charge in [0.05, 0.1) is 6.20 Å². The first-order valence-electron chi connectivity index (χ1n) is 10.0. The van der Waals surface area contributed by atoms with Crippen LogP contribution in [-0.4, -0.2) is 37.7 Å². The Bertz CT molecular complexity index is 917. The highest BCUT2D eigenvalue weighted by Gasteiger charge is 2.24. The predicted octanol–water partition coefficient (Wildman–Crippen LogP) is 4.49. The molecule has 0 aliphatic carbocycles. The lowest BCUT2D eigenvalue weighted by molar-refractivity contribution is 0.198. The van der Waals surface area contributed by atoms with Crippen LogP contribution in [0.15, 0.2) is 29.9 Å². The van der Waals surface area contributed by atoms with Crippen LogP contribution in [0.5, 0.6) is 0 Å². The molecular formula is C21H28N6S. The van der Waals surface area contributed by atoms with Gasteiger partial charge in [0, 0.05) is 65.5 Å². The molecule has 1 aliphatic heterocycles. The average Bonchev–Trinajstić information content (AvgIpc) is 3.32. The number of hydrogen-bond acceptors (Lipinski definition) is 6. The largest absolute Gasteiger partial charge is 0.331 e. The van der Waals surface area contributed by atoms with Crippen molar-refractivity contribution in [1.29, 1.82) is 0 Å². The third-order valence-electron chi connectivity index (χ3n) is 5.48. The second-order valence-corrected chi connectivity index (χ2v) is 8.42. The number of aromatic nitrogens is 4. The fraction of sp³-hybridized carbons (Fsp3) is 0.476. The Balaban J connectivity index is 1.48. The fourth-order valence-corrected chi connectivity index (χ4v) is 4.57. The molecule has 1 saturated heterocycles. The second kappa shape index (κ2) is 8.41. The molecular weight excluding hydrogens is 368 g/mol. The summed E-state index contributed by atoms with van der Waals surface area (Å²) in [5, 5.41) is 10.8. The normalized spacial score (nSPS) is 17.8. The second-order valence-electron chi connectivity index (χ2n) is 7.53. The summed E-state index contributed by atoms with van der Waals surface area (Å²) in [7, 11) is 0. The van der Waals surface area contributed by atoms with Crippen molar-refractivity contribution in [3.63, 3.8) is 0 Å². The van der Waals surface area contributed by atoms with E-state index in [0.29, 0.717) is 5.92 Å². The van der Waals surface area contributed by atoms with Gasteiger partial charge in [-0.25, -0.2) is 4.98 Å². The number of piperidine rings is 1. The maximum atomic E-state index is 4.86. The number of anilines is 2. The van der Waals surface area contributed by atoms with E-state index < -0.39 is 0 Å². The topological polar surface area (TPSA) is 58.9 Å². The number of pyridine rings is 1. The van der Waals surface area contributed by atoms with E-state index in [-0.39, 0.29) is 0 Å². The maximum absolute atomic E-state index is 4.86. The Hall–Kier alpha value is -2.25. The van der Waals surface area contributed by atoms with E-state index in [9.17, 15) is 0 Å². The Morgan fingerprint density at radius 1 is 1.29 bits per heavy atom. The lowest BCUT2D eigenvalue weighted by atomic mass is 9.93. The number of likely N-dealkylation sites (tertiary alicyclic amines) is 1. The lowest BCUT2D eigenvalue weighted by Gasteiger charge is -2.32. The average molecular weight is 397 g/mol. The Morgan fingerprint density at radius 2 is 2.18 bits per heavy atom. The van der Waals surface area contributed by atoms with Crippen molar-refractivity contribution in [3.8, 4) is 0 Å². The van der Waals surface area contributed by atoms with Crippen molar-refractivity contribution < 1.29 is 0 Å². The summed E-state index contributed by atoms with van der Waals surface area (Å²) < 4.78 is 2.08. The molecule has 0 saturated carbocycles. The minimum absolute atomic E-state index is 0.465. The van der Waals surface area contributed by atoms with Crippen LogP contribution in [0.4, 0.5) is 10.8 Å². The summed E-state index contributed by atoms with van der Waals surface area (Å²) in [5.41, 5.74) is 5.94. The first-order valence-corrected chi connectivity index (χ1v) is 10.9. The zero-order valence-corrected chi connectivity index (χ0v) is 17.7. The van der Waals surface area contributed by atoms with Crippen LogP contribution >= 0.6 is 11.3 Å². The van der Waals surface area contributed by atoms with Gasteiger partial charge >= 0.3 is 0 Å². The summed E-state index contributed by atoms with van der Waals surface area (Å²) in [5.74, 6) is 0.465. The van der Waals surface area contributed by atoms with Crippen LogP contribution < -0.4 is 5.32 Å². The maximum Gasteiger partial charge on any atom is 0.187 e. The molecule has 1 atom stereocenters. The highest BCUT2D eigenvalue weighted by Crippen LogP contribution is 2.30. The minimum Gasteiger partial charge on any atom is -0.331 e. The van der Waals surface area contributed by atoms with Gasteiger partial charge in [0.25, 0.3) is 0 Å². The molecule has 1 N–H and O–H groups in total. The van der Waals surface area contributed by atoms with Gasteiger partial charge in [-0.2, -0.15) is 5.10 Å². The number of nitrogens with zero attached hydrogens (tertiary/aromatic N) is 5. The van der Waals surface area contributed by atoms with Gasteiger partial charge in [0.1, 0.15) is 0 Å². The quantitative estimate of drug-likeness (QED) is 0.665. The monoisotopic (exact) mass is 396 g/mol. The molecule has 28 heavy (non-hydrogen) atoms. The Kier molecular flexibility index (Phi) is 5.73. The van der Waals surface area contributed by atoms with Crippen LogP contribution in [0.1, 0.15) is 48.3 Å². The van der Waals surface area contributed by atoms with Crippen molar-refractivity contribution in [1.82, 2.24) is 24.6 Å². The van der Waals surface area contributed by atoms with E-state index >= 15 is 0 Å². The number of thiazole rings is 1. The fourth-order valence-electron chi connectivity index (χ4n) is 4.02. The molecule has 0 spiro atoms. The van der Waals surface area contributed by atoms with Gasteiger partial charge in [-0.3, -0.25) is 14.6 Å². The van der Waals surface area contributed by atoms with Crippen LogP contribution in [0.3, 0.4) is 0 Å². The van der Waals surface area contributed by atoms with E-state index in [1.165, 1.54) is 29.8 Å². The number of nitrogens with one attached hydrogen (secondary N) is 1. The SMILES string of the molecule is CCn1ncc(CN2CCCC(c3cc(Nc4nccs4)cc(C)n3)C2)c1C. The summed E-state index contributed by atoms with van der Waals surface area (Å²) >= 11 is 1.61. The van der Waals surface area contributed by atoms with E-state index in [1.807, 2.05) is 17.8 Å². The highest BCUT2D eigenvalue weighted by atomic mass is 32.1. The van der Waals surface area contributed by atoms with Crippen molar-refractivity contribution in [2.75, 3.05) is 18.4 Å². The van der Waals surface area contributed by atoms with E-state index in [1.54, 1.807) is 11.3 Å². The van der Waals surface area contributed by atoms with E-state index in [4.69, 9.17) is 4.98 Å². The van der Waals surface area contributed by atoms with Crippen molar-refractivity contribution >= 4 is 22.2 Å². The molecule has 4 rings (SSSR count).